The van der Waals surface area contributed by atoms with Crippen LogP contribution in [-0.4, -0.2) is 9.97 Å². The minimum atomic E-state index is 0.419. The quantitative estimate of drug-likeness (QED) is 0.780. The van der Waals surface area contributed by atoms with Crippen molar-refractivity contribution in [3.63, 3.8) is 0 Å². The van der Waals surface area contributed by atoms with E-state index in [1.165, 1.54) is 0 Å². The monoisotopic (exact) mass is 248 g/mol. The van der Waals surface area contributed by atoms with E-state index in [9.17, 15) is 0 Å². The highest BCUT2D eigenvalue weighted by Gasteiger charge is 1.98. The number of aryl methyl sites for hydroxylation is 1. The minimum absolute atomic E-state index is 0.419. The summed E-state index contributed by atoms with van der Waals surface area (Å²) in [6.45, 7) is 2.50. The van der Waals surface area contributed by atoms with E-state index in [2.05, 4.69) is 9.97 Å². The molecule has 2 aromatic rings. The van der Waals surface area contributed by atoms with E-state index in [1.54, 1.807) is 12.4 Å². The van der Waals surface area contributed by atoms with Crippen LogP contribution in [0, 0.1) is 6.92 Å². The van der Waals surface area contributed by atoms with Crippen LogP contribution in [0.3, 0.4) is 0 Å². The van der Waals surface area contributed by atoms with Gasteiger partial charge in [0.2, 0.25) is 0 Å². The zero-order chi connectivity index (χ0) is 12.1. The van der Waals surface area contributed by atoms with Gasteiger partial charge in [-0.2, -0.15) is 0 Å². The SMILES string of the molecule is Cc1cncc(COc2ccc(CCl)nc2)c1. The number of aromatic nitrogens is 2. The zero-order valence-corrected chi connectivity index (χ0v) is 10.3. The molecule has 0 aliphatic carbocycles. The first-order chi connectivity index (χ1) is 8.28. The third-order valence-corrected chi connectivity index (χ3v) is 2.55. The first-order valence-corrected chi connectivity index (χ1v) is 5.85. The molecule has 0 radical (unpaired) electrons. The van der Waals surface area contributed by atoms with Gasteiger partial charge in [-0.3, -0.25) is 9.97 Å². The van der Waals surface area contributed by atoms with Gasteiger partial charge in [0.15, 0.2) is 0 Å². The summed E-state index contributed by atoms with van der Waals surface area (Å²) in [6, 6.07) is 5.78. The molecule has 0 fully saturated rings. The van der Waals surface area contributed by atoms with Crippen LogP contribution >= 0.6 is 11.6 Å². The van der Waals surface area contributed by atoms with Crippen LogP contribution in [0.25, 0.3) is 0 Å². The summed E-state index contributed by atoms with van der Waals surface area (Å²) in [4.78, 5) is 8.27. The molecule has 17 heavy (non-hydrogen) atoms. The van der Waals surface area contributed by atoms with Crippen LogP contribution in [0.4, 0.5) is 0 Å². The van der Waals surface area contributed by atoms with Gasteiger partial charge >= 0.3 is 0 Å². The standard InChI is InChI=1S/C13H13ClN2O/c1-10-4-11(7-15-6-10)9-17-13-3-2-12(5-14)16-8-13/h2-4,6-8H,5,9H2,1H3. The molecule has 0 saturated heterocycles. The van der Waals surface area contributed by atoms with Gasteiger partial charge < -0.3 is 4.74 Å². The third-order valence-electron chi connectivity index (χ3n) is 2.27. The normalized spacial score (nSPS) is 10.2. The number of rotatable bonds is 4. The molecule has 3 nitrogen and oxygen atoms in total. The second-order valence-corrected chi connectivity index (χ2v) is 4.05. The van der Waals surface area contributed by atoms with Crippen molar-refractivity contribution in [2.75, 3.05) is 0 Å². The lowest BCUT2D eigenvalue weighted by Crippen LogP contribution is -1.97. The molecule has 0 spiro atoms. The van der Waals surface area contributed by atoms with E-state index in [0.29, 0.717) is 12.5 Å². The molecule has 0 aromatic carbocycles. The molecular weight excluding hydrogens is 236 g/mol. The molecule has 0 atom stereocenters. The maximum absolute atomic E-state index is 5.66. The fraction of sp³-hybridized carbons (Fsp3) is 0.231. The number of nitrogens with zero attached hydrogens (tertiary/aromatic N) is 2. The third kappa shape index (κ3) is 3.43. The topological polar surface area (TPSA) is 35.0 Å². The number of hydrogen-bond donors (Lipinski definition) is 0. The Morgan fingerprint density at radius 2 is 2.12 bits per heavy atom. The average molecular weight is 249 g/mol. The highest BCUT2D eigenvalue weighted by atomic mass is 35.5. The number of ether oxygens (including phenoxy) is 1. The van der Waals surface area contributed by atoms with Gasteiger partial charge in [-0.05, 0) is 30.7 Å². The molecule has 4 heteroatoms. The van der Waals surface area contributed by atoms with E-state index in [4.69, 9.17) is 16.3 Å². The summed E-state index contributed by atoms with van der Waals surface area (Å²) in [7, 11) is 0. The Hall–Kier alpha value is -1.61. The van der Waals surface area contributed by atoms with Crippen LogP contribution in [0.15, 0.2) is 36.8 Å². The lowest BCUT2D eigenvalue weighted by atomic mass is 10.2. The van der Waals surface area contributed by atoms with E-state index < -0.39 is 0 Å². The summed E-state index contributed by atoms with van der Waals surface area (Å²) in [6.07, 6.45) is 5.30. The number of hydrogen-bond acceptors (Lipinski definition) is 3. The van der Waals surface area contributed by atoms with Crippen molar-refractivity contribution in [2.24, 2.45) is 0 Å². The Bertz CT molecular complexity index is 485. The molecule has 0 saturated carbocycles. The lowest BCUT2D eigenvalue weighted by Gasteiger charge is -2.06. The van der Waals surface area contributed by atoms with Crippen molar-refractivity contribution in [2.45, 2.75) is 19.4 Å². The highest BCUT2D eigenvalue weighted by Crippen LogP contribution is 2.12. The van der Waals surface area contributed by atoms with Crippen LogP contribution < -0.4 is 4.74 Å². The van der Waals surface area contributed by atoms with Gasteiger partial charge in [0.25, 0.3) is 0 Å². The lowest BCUT2D eigenvalue weighted by molar-refractivity contribution is 0.304. The summed E-state index contributed by atoms with van der Waals surface area (Å²) in [5.41, 5.74) is 3.02. The molecule has 0 N–H and O–H groups in total. The Morgan fingerprint density at radius 1 is 1.24 bits per heavy atom. The molecule has 0 amide bonds. The van der Waals surface area contributed by atoms with Gasteiger partial charge in [0.1, 0.15) is 12.4 Å². The molecule has 88 valence electrons. The van der Waals surface area contributed by atoms with Crippen molar-refractivity contribution < 1.29 is 4.74 Å². The zero-order valence-electron chi connectivity index (χ0n) is 9.56. The number of pyridine rings is 2. The average Bonchev–Trinajstić information content (AvgIpc) is 2.37. The Kier molecular flexibility index (Phi) is 3.94. The predicted molar refractivity (Wildman–Crippen MR) is 67.1 cm³/mol. The molecule has 2 rings (SSSR count). The van der Waals surface area contributed by atoms with Crippen molar-refractivity contribution >= 4 is 11.6 Å². The molecule has 0 aliphatic rings. The van der Waals surface area contributed by atoms with Crippen LogP contribution in [-0.2, 0) is 12.5 Å². The van der Waals surface area contributed by atoms with E-state index in [-0.39, 0.29) is 0 Å². The first-order valence-electron chi connectivity index (χ1n) is 5.32. The van der Waals surface area contributed by atoms with Crippen molar-refractivity contribution in [1.82, 2.24) is 9.97 Å². The minimum Gasteiger partial charge on any atom is -0.487 e. The molecule has 2 aromatic heterocycles. The van der Waals surface area contributed by atoms with E-state index >= 15 is 0 Å². The Labute approximate surface area is 105 Å². The van der Waals surface area contributed by atoms with Crippen molar-refractivity contribution in [3.8, 4) is 5.75 Å². The maximum atomic E-state index is 5.66. The van der Waals surface area contributed by atoms with Gasteiger partial charge in [-0.1, -0.05) is 0 Å². The van der Waals surface area contributed by atoms with Crippen LogP contribution in [0.1, 0.15) is 16.8 Å². The Morgan fingerprint density at radius 3 is 2.76 bits per heavy atom. The van der Waals surface area contributed by atoms with E-state index in [0.717, 1.165) is 22.6 Å². The maximum Gasteiger partial charge on any atom is 0.138 e. The summed E-state index contributed by atoms with van der Waals surface area (Å²) < 4.78 is 5.60. The summed E-state index contributed by atoms with van der Waals surface area (Å²) in [5.74, 6) is 1.16. The Balaban J connectivity index is 1.97. The fourth-order valence-electron chi connectivity index (χ4n) is 1.44. The van der Waals surface area contributed by atoms with Crippen LogP contribution in [0.5, 0.6) is 5.75 Å². The smallest absolute Gasteiger partial charge is 0.138 e. The van der Waals surface area contributed by atoms with E-state index in [1.807, 2.05) is 31.3 Å². The van der Waals surface area contributed by atoms with Gasteiger partial charge in [-0.25, -0.2) is 0 Å². The predicted octanol–water partition coefficient (Wildman–Crippen LogP) is 3.10. The first kappa shape index (κ1) is 11.9. The van der Waals surface area contributed by atoms with Gasteiger partial charge in [0.05, 0.1) is 17.8 Å². The molecule has 0 unspecified atom stereocenters. The molecule has 0 aliphatic heterocycles. The second-order valence-electron chi connectivity index (χ2n) is 3.78. The van der Waals surface area contributed by atoms with Crippen LogP contribution in [0.2, 0.25) is 0 Å². The summed E-state index contributed by atoms with van der Waals surface area (Å²) >= 11 is 5.66. The number of alkyl halides is 1. The number of halogens is 1. The fourth-order valence-corrected chi connectivity index (χ4v) is 1.60. The second kappa shape index (κ2) is 5.64. The van der Waals surface area contributed by atoms with Gasteiger partial charge in [0, 0.05) is 18.0 Å². The summed E-state index contributed by atoms with van der Waals surface area (Å²) in [5, 5.41) is 0. The highest BCUT2D eigenvalue weighted by molar-refractivity contribution is 6.16. The van der Waals surface area contributed by atoms with Crippen molar-refractivity contribution in [1.29, 1.82) is 0 Å². The van der Waals surface area contributed by atoms with Crippen molar-refractivity contribution in [3.05, 3.63) is 53.6 Å². The largest absolute Gasteiger partial charge is 0.487 e. The molecule has 2 heterocycles. The molecule has 0 bridgehead atoms. The van der Waals surface area contributed by atoms with Gasteiger partial charge in [-0.15, -0.1) is 11.6 Å². The molecular formula is C13H13ClN2O.